The minimum atomic E-state index is -0.588. The fourth-order valence-corrected chi connectivity index (χ4v) is 3.04. The molecule has 0 N–H and O–H groups in total. The monoisotopic (exact) mass is 354 g/mol. The van der Waals surface area contributed by atoms with Crippen LogP contribution < -0.4 is 4.57 Å². The molecular formula is C21H26N2OS. The zero-order chi connectivity index (χ0) is 18.6. The van der Waals surface area contributed by atoms with Crippen LogP contribution in [0.1, 0.15) is 55.2 Å². The van der Waals surface area contributed by atoms with Gasteiger partial charge in [-0.05, 0) is 35.9 Å². The third-order valence-corrected chi connectivity index (χ3v) is 4.45. The molecule has 1 unspecified atom stereocenters. The Morgan fingerprint density at radius 1 is 1.20 bits per heavy atom. The first-order valence-corrected chi connectivity index (χ1v) is 8.98. The van der Waals surface area contributed by atoms with Gasteiger partial charge in [0, 0.05) is 23.7 Å². The number of aliphatic imine (C=N–C) groups is 1. The van der Waals surface area contributed by atoms with Crippen molar-refractivity contribution < 1.29 is 9.36 Å². The number of aryl methyl sites for hydroxylation is 1. The van der Waals surface area contributed by atoms with E-state index in [1.807, 2.05) is 67.2 Å². The molecule has 1 aromatic heterocycles. The maximum Gasteiger partial charge on any atom is 0.237 e. The Morgan fingerprint density at radius 3 is 2.36 bits per heavy atom. The van der Waals surface area contributed by atoms with Crippen LogP contribution in [-0.2, 0) is 18.0 Å². The van der Waals surface area contributed by atoms with Gasteiger partial charge < -0.3 is 17.6 Å². The average molecular weight is 355 g/mol. The highest BCUT2D eigenvalue weighted by atomic mass is 32.1. The van der Waals surface area contributed by atoms with Crippen LogP contribution >= 0.6 is 0 Å². The molecule has 2 aromatic rings. The van der Waals surface area contributed by atoms with Crippen molar-refractivity contribution in [1.29, 1.82) is 0 Å². The van der Waals surface area contributed by atoms with Gasteiger partial charge in [-0.1, -0.05) is 45.0 Å². The fraction of sp³-hybridized carbons (Fsp3) is 0.381. The van der Waals surface area contributed by atoms with Crippen molar-refractivity contribution >= 4 is 23.5 Å². The molecule has 0 aliphatic carbocycles. The lowest BCUT2D eigenvalue weighted by Gasteiger charge is -2.21. The molecule has 0 saturated carbocycles. The second-order valence-electron chi connectivity index (χ2n) is 7.24. The average Bonchev–Trinajstić information content (AvgIpc) is 2.54. The zero-order valence-corrected chi connectivity index (χ0v) is 16.4. The van der Waals surface area contributed by atoms with Crippen LogP contribution in [0.4, 0.5) is 0 Å². The summed E-state index contributed by atoms with van der Waals surface area (Å²) in [6, 6.07) is 11.1. The van der Waals surface area contributed by atoms with Crippen molar-refractivity contribution in [2.75, 3.05) is 6.54 Å². The van der Waals surface area contributed by atoms with E-state index >= 15 is 0 Å². The zero-order valence-electron chi connectivity index (χ0n) is 15.6. The highest BCUT2D eigenvalue weighted by molar-refractivity contribution is 7.77. The standard InChI is InChI=1S/C21H26N2OS/c1-6-22-20(25)18(23-13-7-8-15(2)14-23)19(24)16-9-11-17(12-10-16)21(3,4)5/h7-14,18H,6H2,1-5H3. The second-order valence-corrected chi connectivity index (χ2v) is 7.65. The van der Waals surface area contributed by atoms with E-state index in [2.05, 4.69) is 25.8 Å². The van der Waals surface area contributed by atoms with Crippen molar-refractivity contribution in [3.63, 3.8) is 0 Å². The third kappa shape index (κ3) is 4.73. The number of carbonyl (C=O) groups excluding carboxylic acids is 1. The third-order valence-electron chi connectivity index (χ3n) is 4.10. The summed E-state index contributed by atoms with van der Waals surface area (Å²) in [5, 5.41) is 0.419. The summed E-state index contributed by atoms with van der Waals surface area (Å²) < 4.78 is 1.86. The molecule has 0 radical (unpaired) electrons. The Bertz CT molecular complexity index is 773. The first-order chi connectivity index (χ1) is 11.7. The van der Waals surface area contributed by atoms with E-state index in [-0.39, 0.29) is 11.2 Å². The van der Waals surface area contributed by atoms with Gasteiger partial charge >= 0.3 is 0 Å². The number of ketones is 1. The van der Waals surface area contributed by atoms with Gasteiger partial charge in [0.05, 0.1) is 0 Å². The predicted octanol–water partition coefficient (Wildman–Crippen LogP) is 3.97. The first kappa shape index (κ1) is 19.3. The molecule has 0 amide bonds. The second kappa shape index (κ2) is 7.87. The van der Waals surface area contributed by atoms with Crippen molar-refractivity contribution in [1.82, 2.24) is 0 Å². The molecule has 0 aliphatic rings. The minimum absolute atomic E-state index is 0.0294. The molecule has 1 atom stereocenters. The SMILES string of the molecule is CCN=C([S-])C(C(=O)c1ccc(C(C)(C)C)cc1)[n+]1cccc(C)c1. The van der Waals surface area contributed by atoms with Gasteiger partial charge in [-0.2, -0.15) is 4.57 Å². The summed E-state index contributed by atoms with van der Waals surface area (Å²) in [6.45, 7) is 11.0. The van der Waals surface area contributed by atoms with E-state index in [1.165, 1.54) is 5.56 Å². The van der Waals surface area contributed by atoms with E-state index in [4.69, 9.17) is 12.6 Å². The number of hydrogen-bond acceptors (Lipinski definition) is 3. The van der Waals surface area contributed by atoms with E-state index in [0.717, 1.165) is 5.56 Å². The van der Waals surface area contributed by atoms with Gasteiger partial charge in [-0.25, -0.2) is 0 Å². The van der Waals surface area contributed by atoms with E-state index < -0.39 is 6.04 Å². The maximum absolute atomic E-state index is 13.2. The van der Waals surface area contributed by atoms with Crippen LogP contribution in [0.15, 0.2) is 53.8 Å². The van der Waals surface area contributed by atoms with Crippen molar-refractivity contribution in [3.05, 3.63) is 65.5 Å². The highest BCUT2D eigenvalue weighted by Gasteiger charge is 2.28. The smallest absolute Gasteiger partial charge is 0.237 e. The van der Waals surface area contributed by atoms with Crippen LogP contribution in [0, 0.1) is 6.92 Å². The molecule has 1 aromatic carbocycles. The first-order valence-electron chi connectivity index (χ1n) is 8.57. The van der Waals surface area contributed by atoms with E-state index in [9.17, 15) is 4.79 Å². The van der Waals surface area contributed by atoms with Crippen molar-refractivity contribution in [2.45, 2.75) is 46.1 Å². The lowest BCUT2D eigenvalue weighted by Crippen LogP contribution is -2.48. The topological polar surface area (TPSA) is 33.3 Å². The number of benzene rings is 1. The molecule has 0 fully saturated rings. The van der Waals surface area contributed by atoms with E-state index in [1.54, 1.807) is 0 Å². The summed E-state index contributed by atoms with van der Waals surface area (Å²) in [6.07, 6.45) is 3.81. The molecule has 2 rings (SSSR count). The largest absolute Gasteiger partial charge is 0.758 e. The van der Waals surface area contributed by atoms with Crippen LogP contribution in [0.25, 0.3) is 0 Å². The van der Waals surface area contributed by atoms with Crippen LogP contribution in [0.3, 0.4) is 0 Å². The van der Waals surface area contributed by atoms with Gasteiger partial charge in [-0.15, -0.1) is 0 Å². The fourth-order valence-electron chi connectivity index (χ4n) is 2.69. The molecule has 0 bridgehead atoms. The van der Waals surface area contributed by atoms with Crippen molar-refractivity contribution in [3.8, 4) is 0 Å². The van der Waals surface area contributed by atoms with Gasteiger partial charge in [-0.3, -0.25) is 4.79 Å². The van der Waals surface area contributed by atoms with Gasteiger partial charge in [0.15, 0.2) is 12.4 Å². The molecule has 0 aliphatic heterocycles. The van der Waals surface area contributed by atoms with Gasteiger partial charge in [0.2, 0.25) is 11.8 Å². The molecule has 1 heterocycles. The number of hydrogen-bond donors (Lipinski definition) is 0. The lowest BCUT2D eigenvalue weighted by atomic mass is 9.86. The lowest BCUT2D eigenvalue weighted by molar-refractivity contribution is -0.692. The molecule has 4 heteroatoms. The molecule has 3 nitrogen and oxygen atoms in total. The van der Waals surface area contributed by atoms with Gasteiger partial charge in [0.1, 0.15) is 0 Å². The Hall–Kier alpha value is -2.07. The predicted molar refractivity (Wildman–Crippen MR) is 105 cm³/mol. The molecular weight excluding hydrogens is 328 g/mol. The summed E-state index contributed by atoms with van der Waals surface area (Å²) in [5.41, 5.74) is 2.98. The van der Waals surface area contributed by atoms with E-state index in [0.29, 0.717) is 17.2 Å². The van der Waals surface area contributed by atoms with Crippen molar-refractivity contribution in [2.24, 2.45) is 4.99 Å². The molecule has 0 spiro atoms. The summed E-state index contributed by atoms with van der Waals surface area (Å²) in [7, 11) is 0. The number of aromatic nitrogens is 1. The normalized spacial score (nSPS) is 13.6. The molecule has 0 saturated heterocycles. The number of Topliss-reactive ketones (excluding diaryl/α,β-unsaturated/α-hetero) is 1. The number of carbonyl (C=O) groups is 1. The number of nitrogens with zero attached hydrogens (tertiary/aromatic N) is 2. The summed E-state index contributed by atoms with van der Waals surface area (Å²) in [5.74, 6) is -0.0294. The Morgan fingerprint density at radius 2 is 1.84 bits per heavy atom. The molecule has 25 heavy (non-hydrogen) atoms. The Kier molecular flexibility index (Phi) is 6.07. The summed E-state index contributed by atoms with van der Waals surface area (Å²) >= 11 is 5.45. The van der Waals surface area contributed by atoms with Gasteiger partial charge in [0.25, 0.3) is 0 Å². The number of pyridine rings is 1. The summed E-state index contributed by atoms with van der Waals surface area (Å²) in [4.78, 5) is 17.5. The highest BCUT2D eigenvalue weighted by Crippen LogP contribution is 2.23. The molecule has 132 valence electrons. The Labute approximate surface area is 156 Å². The van der Waals surface area contributed by atoms with Crippen LogP contribution in [-0.4, -0.2) is 17.4 Å². The minimum Gasteiger partial charge on any atom is -0.758 e. The maximum atomic E-state index is 13.2. The quantitative estimate of drug-likeness (QED) is 0.268. The Balaban J connectivity index is 2.44. The number of rotatable bonds is 5. The van der Waals surface area contributed by atoms with Crippen LogP contribution in [0.2, 0.25) is 0 Å². The van der Waals surface area contributed by atoms with Crippen LogP contribution in [0.5, 0.6) is 0 Å².